The number of rotatable bonds is 5. The second kappa shape index (κ2) is 5.03. The molecular weight excluding hydrogens is 234 g/mol. The summed E-state index contributed by atoms with van der Waals surface area (Å²) < 4.78 is 1.71. The summed E-state index contributed by atoms with van der Waals surface area (Å²) in [5.74, 6) is -0.255. The van der Waals surface area contributed by atoms with Crippen LogP contribution in [0.25, 0.3) is 0 Å². The Kier molecular flexibility index (Phi) is 3.63. The molecule has 0 saturated carbocycles. The van der Waals surface area contributed by atoms with Gasteiger partial charge >= 0.3 is 0 Å². The third-order valence-corrected chi connectivity index (χ3v) is 3.03. The monoisotopic (exact) mass is 253 g/mol. The molecule has 0 aliphatic carbocycles. The van der Waals surface area contributed by atoms with E-state index in [2.05, 4.69) is 20.9 Å². The summed E-state index contributed by atoms with van der Waals surface area (Å²) in [7, 11) is 0. The fraction of sp³-hybridized carbons (Fsp3) is 0.727. The van der Waals surface area contributed by atoms with Crippen LogP contribution in [0.5, 0.6) is 0 Å². The van der Waals surface area contributed by atoms with Crippen LogP contribution < -0.4 is 10.6 Å². The van der Waals surface area contributed by atoms with Crippen LogP contribution in [0.3, 0.4) is 0 Å². The fourth-order valence-electron chi connectivity index (χ4n) is 1.49. The Morgan fingerprint density at radius 2 is 2.39 bits per heavy atom. The maximum absolute atomic E-state index is 11.8. The molecule has 2 heterocycles. The lowest BCUT2D eigenvalue weighted by molar-refractivity contribution is 0.0906. The average Bonchev–Trinajstić information content (AvgIpc) is 2.73. The molecule has 0 spiro atoms. The van der Waals surface area contributed by atoms with Crippen LogP contribution in [0.4, 0.5) is 0 Å². The first-order valence-corrected chi connectivity index (χ1v) is 6.03. The van der Waals surface area contributed by atoms with E-state index in [4.69, 9.17) is 5.11 Å². The number of aliphatic hydroxyl groups is 1. The predicted octanol–water partition coefficient (Wildman–Crippen LogP) is -0.829. The molecule has 1 saturated heterocycles. The number of aliphatic hydroxyl groups excluding tert-OH is 1. The van der Waals surface area contributed by atoms with Crippen molar-refractivity contribution in [1.29, 1.82) is 0 Å². The number of amides is 1. The highest BCUT2D eigenvalue weighted by Crippen LogP contribution is 2.12. The molecule has 3 N–H and O–H groups in total. The van der Waals surface area contributed by atoms with E-state index in [9.17, 15) is 4.79 Å². The molecule has 0 bridgehead atoms. The third kappa shape index (κ3) is 2.85. The van der Waals surface area contributed by atoms with Crippen LogP contribution >= 0.6 is 0 Å². The highest BCUT2D eigenvalue weighted by molar-refractivity contribution is 5.91. The Bertz CT molecular complexity index is 425. The number of aromatic nitrogens is 3. The molecule has 18 heavy (non-hydrogen) atoms. The first-order valence-electron chi connectivity index (χ1n) is 6.03. The first-order chi connectivity index (χ1) is 8.52. The van der Waals surface area contributed by atoms with Crippen LogP contribution in [-0.2, 0) is 0 Å². The first kappa shape index (κ1) is 13.0. The normalized spacial score (nSPS) is 16.4. The zero-order valence-corrected chi connectivity index (χ0v) is 10.7. The zero-order chi connectivity index (χ0) is 13.2. The summed E-state index contributed by atoms with van der Waals surface area (Å²) >= 11 is 0. The average molecular weight is 253 g/mol. The standard InChI is InChI=1S/C11H19N5O2/c1-11(2,7-17)6-13-10(18)9-5-16(15-14-9)8-3-12-4-8/h5,8,12,17H,3-4,6-7H2,1-2H3,(H,13,18). The minimum absolute atomic E-state index is 0.0215. The molecule has 0 atom stereocenters. The van der Waals surface area contributed by atoms with Crippen molar-refractivity contribution in [1.82, 2.24) is 25.6 Å². The summed E-state index contributed by atoms with van der Waals surface area (Å²) in [6.45, 7) is 5.91. The lowest BCUT2D eigenvalue weighted by Crippen LogP contribution is -2.43. The minimum Gasteiger partial charge on any atom is -0.396 e. The Hall–Kier alpha value is -1.47. The number of hydrogen-bond acceptors (Lipinski definition) is 5. The van der Waals surface area contributed by atoms with E-state index < -0.39 is 0 Å². The van der Waals surface area contributed by atoms with E-state index >= 15 is 0 Å². The Morgan fingerprint density at radius 1 is 1.67 bits per heavy atom. The van der Waals surface area contributed by atoms with E-state index in [1.807, 2.05) is 13.8 Å². The van der Waals surface area contributed by atoms with E-state index in [0.717, 1.165) is 13.1 Å². The lowest BCUT2D eigenvalue weighted by Gasteiger charge is -2.26. The topological polar surface area (TPSA) is 92.1 Å². The second-order valence-corrected chi connectivity index (χ2v) is 5.40. The van der Waals surface area contributed by atoms with Crippen molar-refractivity contribution < 1.29 is 9.90 Å². The molecule has 0 radical (unpaired) electrons. The fourth-order valence-corrected chi connectivity index (χ4v) is 1.49. The van der Waals surface area contributed by atoms with Crippen LogP contribution in [0.1, 0.15) is 30.4 Å². The molecule has 1 aromatic rings. The Balaban J connectivity index is 1.90. The van der Waals surface area contributed by atoms with Crippen LogP contribution in [-0.4, -0.2) is 52.2 Å². The highest BCUT2D eigenvalue weighted by atomic mass is 16.3. The van der Waals surface area contributed by atoms with Crippen molar-refractivity contribution in [2.75, 3.05) is 26.2 Å². The van der Waals surface area contributed by atoms with Gasteiger partial charge in [-0.15, -0.1) is 5.10 Å². The second-order valence-electron chi connectivity index (χ2n) is 5.40. The van der Waals surface area contributed by atoms with Gasteiger partial charge in [-0.05, 0) is 0 Å². The smallest absolute Gasteiger partial charge is 0.273 e. The number of carbonyl (C=O) groups is 1. The van der Waals surface area contributed by atoms with Gasteiger partial charge in [-0.25, -0.2) is 4.68 Å². The largest absolute Gasteiger partial charge is 0.396 e. The molecule has 1 aromatic heterocycles. The number of carbonyl (C=O) groups excluding carboxylic acids is 1. The van der Waals surface area contributed by atoms with Gasteiger partial charge in [0.2, 0.25) is 0 Å². The van der Waals surface area contributed by atoms with Gasteiger partial charge in [-0.1, -0.05) is 19.1 Å². The van der Waals surface area contributed by atoms with Crippen molar-refractivity contribution >= 4 is 5.91 Å². The Labute approximate surface area is 106 Å². The number of nitrogens with zero attached hydrogens (tertiary/aromatic N) is 3. The molecule has 100 valence electrons. The SMILES string of the molecule is CC(C)(CO)CNC(=O)c1cn(C2CNC2)nn1. The number of nitrogens with one attached hydrogen (secondary N) is 2. The van der Waals surface area contributed by atoms with Crippen molar-refractivity contribution in [3.63, 3.8) is 0 Å². The molecule has 7 nitrogen and oxygen atoms in total. The molecule has 2 rings (SSSR count). The van der Waals surface area contributed by atoms with Gasteiger partial charge < -0.3 is 15.7 Å². The third-order valence-electron chi connectivity index (χ3n) is 3.03. The van der Waals surface area contributed by atoms with Crippen molar-refractivity contribution in [3.05, 3.63) is 11.9 Å². The van der Waals surface area contributed by atoms with E-state index in [1.165, 1.54) is 0 Å². The van der Waals surface area contributed by atoms with Gasteiger partial charge in [0.1, 0.15) is 0 Å². The molecule has 1 aliphatic rings. The molecule has 7 heteroatoms. The maximum atomic E-state index is 11.8. The van der Waals surface area contributed by atoms with Gasteiger partial charge in [0.15, 0.2) is 5.69 Å². The lowest BCUT2D eigenvalue weighted by atomic mass is 9.95. The maximum Gasteiger partial charge on any atom is 0.273 e. The highest BCUT2D eigenvalue weighted by Gasteiger charge is 2.23. The van der Waals surface area contributed by atoms with Crippen molar-refractivity contribution in [2.45, 2.75) is 19.9 Å². The molecular formula is C11H19N5O2. The van der Waals surface area contributed by atoms with Gasteiger partial charge in [0.25, 0.3) is 5.91 Å². The summed E-state index contributed by atoms with van der Waals surface area (Å²) in [5, 5.41) is 22.8. The summed E-state index contributed by atoms with van der Waals surface area (Å²) in [6.07, 6.45) is 1.66. The summed E-state index contributed by atoms with van der Waals surface area (Å²) in [5.41, 5.74) is -0.0144. The van der Waals surface area contributed by atoms with Gasteiger partial charge in [-0.3, -0.25) is 4.79 Å². The molecule has 0 unspecified atom stereocenters. The Morgan fingerprint density at radius 3 is 2.94 bits per heavy atom. The van der Waals surface area contributed by atoms with Gasteiger partial charge in [-0.2, -0.15) is 0 Å². The zero-order valence-electron chi connectivity index (χ0n) is 10.7. The minimum atomic E-state index is -0.330. The molecule has 1 amide bonds. The van der Waals surface area contributed by atoms with E-state index in [0.29, 0.717) is 18.3 Å². The quantitative estimate of drug-likeness (QED) is 0.637. The predicted molar refractivity (Wildman–Crippen MR) is 65.1 cm³/mol. The number of hydrogen-bond donors (Lipinski definition) is 3. The molecule has 1 fully saturated rings. The molecule has 0 aromatic carbocycles. The van der Waals surface area contributed by atoms with Crippen molar-refractivity contribution in [3.8, 4) is 0 Å². The van der Waals surface area contributed by atoms with E-state index in [1.54, 1.807) is 10.9 Å². The van der Waals surface area contributed by atoms with Crippen molar-refractivity contribution in [2.24, 2.45) is 5.41 Å². The van der Waals surface area contributed by atoms with Crippen LogP contribution in [0, 0.1) is 5.41 Å². The van der Waals surface area contributed by atoms with Crippen LogP contribution in [0.15, 0.2) is 6.20 Å². The summed E-state index contributed by atoms with van der Waals surface area (Å²) in [6, 6.07) is 0.299. The van der Waals surface area contributed by atoms with Gasteiger partial charge in [0, 0.05) is 31.7 Å². The van der Waals surface area contributed by atoms with Gasteiger partial charge in [0.05, 0.1) is 12.2 Å². The van der Waals surface area contributed by atoms with Crippen LogP contribution in [0.2, 0.25) is 0 Å². The van der Waals surface area contributed by atoms with E-state index in [-0.39, 0.29) is 17.9 Å². The summed E-state index contributed by atoms with van der Waals surface area (Å²) in [4.78, 5) is 11.8. The molecule has 1 aliphatic heterocycles.